The van der Waals surface area contributed by atoms with Crippen LogP contribution < -0.4 is 19.6 Å². The molecule has 1 aliphatic rings. The number of thiophene rings is 1. The van der Waals surface area contributed by atoms with Crippen molar-refractivity contribution in [2.45, 2.75) is 13.0 Å². The van der Waals surface area contributed by atoms with Gasteiger partial charge in [0.1, 0.15) is 11.8 Å². The molecule has 1 aromatic carbocycles. The van der Waals surface area contributed by atoms with Crippen molar-refractivity contribution in [1.82, 2.24) is 4.57 Å². The molecule has 0 amide bonds. The Bertz CT molecular complexity index is 1360. The molecule has 0 spiro atoms. The first-order chi connectivity index (χ1) is 15.0. The van der Waals surface area contributed by atoms with E-state index in [9.17, 15) is 9.59 Å². The summed E-state index contributed by atoms with van der Waals surface area (Å²) < 4.78 is 12.5. The van der Waals surface area contributed by atoms with Gasteiger partial charge >= 0.3 is 5.97 Å². The normalized spacial score (nSPS) is 16.4. The van der Waals surface area contributed by atoms with Gasteiger partial charge in [-0.3, -0.25) is 9.36 Å². The first kappa shape index (κ1) is 21.0. The van der Waals surface area contributed by atoms with Crippen molar-refractivity contribution < 1.29 is 14.3 Å². The van der Waals surface area contributed by atoms with Crippen molar-refractivity contribution >= 4 is 40.8 Å². The summed E-state index contributed by atoms with van der Waals surface area (Å²) in [5.41, 5.74) is 1.66. The summed E-state index contributed by atoms with van der Waals surface area (Å²) in [4.78, 5) is 31.8. The highest BCUT2D eigenvalue weighted by Crippen LogP contribution is 2.32. The summed E-state index contributed by atoms with van der Waals surface area (Å²) in [5.74, 6) is 0.273. The van der Waals surface area contributed by atoms with Crippen LogP contribution in [0, 0.1) is 0 Å². The number of benzene rings is 1. The number of rotatable bonds is 5. The van der Waals surface area contributed by atoms with E-state index >= 15 is 0 Å². The van der Waals surface area contributed by atoms with Gasteiger partial charge in [-0.25, -0.2) is 9.79 Å². The summed E-state index contributed by atoms with van der Waals surface area (Å²) in [6.07, 6.45) is 5.47. The molecule has 3 heterocycles. The number of nitrogens with zero attached hydrogens (tertiary/aromatic N) is 2. The van der Waals surface area contributed by atoms with Crippen LogP contribution in [0.2, 0.25) is 0 Å². The number of esters is 1. The number of carbonyl (C=O) groups is 1. The zero-order chi connectivity index (χ0) is 22.0. The largest absolute Gasteiger partial charge is 0.496 e. The Morgan fingerprint density at radius 1 is 1.19 bits per heavy atom. The van der Waals surface area contributed by atoms with E-state index in [1.54, 1.807) is 24.7 Å². The standard InChI is InChI=1S/C23H20N2O4S2/c1-14-19(22(27)29-3)20(17-12-7-13-30-17)25-21(26)18(31-23(25)24-14)11-6-9-15-8-4-5-10-16(15)28-2/h4-13,20H,1-3H3/b9-6+,18-11-. The molecule has 158 valence electrons. The van der Waals surface area contributed by atoms with E-state index in [1.807, 2.05) is 53.9 Å². The minimum absolute atomic E-state index is 0.194. The molecule has 1 atom stereocenters. The van der Waals surface area contributed by atoms with Crippen molar-refractivity contribution in [1.29, 1.82) is 0 Å². The average molecular weight is 453 g/mol. The topological polar surface area (TPSA) is 69.9 Å². The lowest BCUT2D eigenvalue weighted by Gasteiger charge is -2.22. The molecular weight excluding hydrogens is 432 g/mol. The molecule has 8 heteroatoms. The molecule has 4 rings (SSSR count). The first-order valence-electron chi connectivity index (χ1n) is 9.49. The molecule has 31 heavy (non-hydrogen) atoms. The number of aromatic nitrogens is 1. The van der Waals surface area contributed by atoms with Crippen LogP contribution in [-0.4, -0.2) is 24.8 Å². The van der Waals surface area contributed by atoms with Crippen molar-refractivity contribution in [3.63, 3.8) is 0 Å². The van der Waals surface area contributed by atoms with Crippen LogP contribution in [0.5, 0.6) is 5.75 Å². The molecule has 0 saturated carbocycles. The maximum atomic E-state index is 13.3. The number of thiazole rings is 1. The van der Waals surface area contributed by atoms with E-state index in [-0.39, 0.29) is 5.56 Å². The number of para-hydroxylation sites is 1. The van der Waals surface area contributed by atoms with Crippen LogP contribution in [0.15, 0.2) is 68.9 Å². The molecule has 0 saturated heterocycles. The van der Waals surface area contributed by atoms with E-state index in [1.165, 1.54) is 29.8 Å². The van der Waals surface area contributed by atoms with E-state index in [0.29, 0.717) is 20.6 Å². The highest BCUT2D eigenvalue weighted by molar-refractivity contribution is 7.10. The number of fused-ring (bicyclic) bond motifs is 1. The molecule has 1 unspecified atom stereocenters. The van der Waals surface area contributed by atoms with Gasteiger partial charge in [0.2, 0.25) is 0 Å². The van der Waals surface area contributed by atoms with Gasteiger partial charge in [0, 0.05) is 10.4 Å². The smallest absolute Gasteiger partial charge is 0.338 e. The lowest BCUT2D eigenvalue weighted by molar-refractivity contribution is -0.136. The van der Waals surface area contributed by atoms with Crippen LogP contribution in [0.25, 0.3) is 12.2 Å². The number of hydrogen-bond acceptors (Lipinski definition) is 7. The van der Waals surface area contributed by atoms with Gasteiger partial charge in [-0.05, 0) is 30.5 Å². The molecule has 0 N–H and O–H groups in total. The van der Waals surface area contributed by atoms with Crippen molar-refractivity contribution in [2.24, 2.45) is 4.99 Å². The Hall–Kier alpha value is -3.23. The van der Waals surface area contributed by atoms with E-state index in [0.717, 1.165) is 16.2 Å². The summed E-state index contributed by atoms with van der Waals surface area (Å²) in [6.45, 7) is 1.77. The predicted molar refractivity (Wildman–Crippen MR) is 123 cm³/mol. The minimum Gasteiger partial charge on any atom is -0.496 e. The molecule has 0 bridgehead atoms. The van der Waals surface area contributed by atoms with Gasteiger partial charge in [0.15, 0.2) is 4.80 Å². The zero-order valence-electron chi connectivity index (χ0n) is 17.2. The molecule has 0 aliphatic carbocycles. The SMILES string of the molecule is COC(=O)C1=C(C)N=c2s/c(=C\C=C\c3ccccc3OC)c(=O)n2C1c1cccs1. The number of hydrogen-bond donors (Lipinski definition) is 0. The quantitative estimate of drug-likeness (QED) is 0.558. The maximum Gasteiger partial charge on any atom is 0.338 e. The van der Waals surface area contributed by atoms with E-state index < -0.39 is 12.0 Å². The number of carbonyl (C=O) groups excluding carboxylic acids is 1. The second-order valence-electron chi connectivity index (χ2n) is 6.71. The molecule has 0 fully saturated rings. The van der Waals surface area contributed by atoms with E-state index in [4.69, 9.17) is 9.47 Å². The zero-order valence-corrected chi connectivity index (χ0v) is 18.8. The van der Waals surface area contributed by atoms with Gasteiger partial charge in [-0.2, -0.15) is 0 Å². The third-order valence-corrected chi connectivity index (χ3v) is 6.83. The lowest BCUT2D eigenvalue weighted by atomic mass is 10.0. The van der Waals surface area contributed by atoms with Gasteiger partial charge < -0.3 is 9.47 Å². The van der Waals surface area contributed by atoms with Gasteiger partial charge in [-0.1, -0.05) is 47.8 Å². The first-order valence-corrected chi connectivity index (χ1v) is 11.2. The average Bonchev–Trinajstić information content (AvgIpc) is 3.41. The van der Waals surface area contributed by atoms with Gasteiger partial charge in [-0.15, -0.1) is 11.3 Å². The minimum atomic E-state index is -0.552. The Morgan fingerprint density at radius 2 is 2.00 bits per heavy atom. The fraction of sp³-hybridized carbons (Fsp3) is 0.174. The van der Waals surface area contributed by atoms with Crippen LogP contribution in [0.4, 0.5) is 0 Å². The van der Waals surface area contributed by atoms with Gasteiger partial charge in [0.25, 0.3) is 5.56 Å². The Balaban J connectivity index is 1.83. The number of allylic oxidation sites excluding steroid dienone is 2. The molecule has 2 aromatic heterocycles. The molecule has 1 aliphatic heterocycles. The summed E-state index contributed by atoms with van der Waals surface area (Å²) >= 11 is 2.78. The summed E-state index contributed by atoms with van der Waals surface area (Å²) in [5, 5.41) is 1.92. The summed E-state index contributed by atoms with van der Waals surface area (Å²) in [6, 6.07) is 10.9. The van der Waals surface area contributed by atoms with Crippen LogP contribution in [0.1, 0.15) is 23.4 Å². The lowest BCUT2D eigenvalue weighted by Crippen LogP contribution is -2.39. The van der Waals surface area contributed by atoms with Crippen molar-refractivity contribution in [2.75, 3.05) is 14.2 Å². The highest BCUT2D eigenvalue weighted by atomic mass is 32.1. The van der Waals surface area contributed by atoms with Crippen molar-refractivity contribution in [3.05, 3.63) is 89.3 Å². The fourth-order valence-corrected chi connectivity index (χ4v) is 5.29. The second kappa shape index (κ2) is 8.87. The number of ether oxygens (including phenoxy) is 2. The Morgan fingerprint density at radius 3 is 2.71 bits per heavy atom. The molecule has 3 aromatic rings. The van der Waals surface area contributed by atoms with Crippen molar-refractivity contribution in [3.8, 4) is 5.75 Å². The second-order valence-corrected chi connectivity index (χ2v) is 8.70. The Kier molecular flexibility index (Phi) is 6.01. The van der Waals surface area contributed by atoms with Crippen LogP contribution >= 0.6 is 22.7 Å². The highest BCUT2D eigenvalue weighted by Gasteiger charge is 2.33. The number of methoxy groups -OCH3 is 2. The molecule has 6 nitrogen and oxygen atoms in total. The third-order valence-electron chi connectivity index (χ3n) is 4.90. The van der Waals surface area contributed by atoms with Crippen LogP contribution in [-0.2, 0) is 9.53 Å². The monoisotopic (exact) mass is 452 g/mol. The molecule has 0 radical (unpaired) electrons. The maximum absolute atomic E-state index is 13.3. The summed E-state index contributed by atoms with van der Waals surface area (Å²) in [7, 11) is 2.96. The fourth-order valence-electron chi connectivity index (χ4n) is 3.47. The van der Waals surface area contributed by atoms with E-state index in [2.05, 4.69) is 4.99 Å². The third kappa shape index (κ3) is 3.92. The van der Waals surface area contributed by atoms with Gasteiger partial charge in [0.05, 0.1) is 30.0 Å². The van der Waals surface area contributed by atoms with Crippen LogP contribution in [0.3, 0.4) is 0 Å². The molecular formula is C23H20N2O4S2. The predicted octanol–water partition coefficient (Wildman–Crippen LogP) is 3.14. The Labute approximate surface area is 186 Å².